The molecule has 0 aromatic carbocycles. The molecule has 0 spiro atoms. The number of nitrogens with one attached hydrogen (secondary N) is 1. The second-order valence-electron chi connectivity index (χ2n) is 6.87. The molecule has 1 aliphatic heterocycles. The average Bonchev–Trinajstić information content (AvgIpc) is 3.18. The van der Waals surface area contributed by atoms with Crippen LogP contribution in [0.15, 0.2) is 54.2 Å². The van der Waals surface area contributed by atoms with Crippen LogP contribution in [0.25, 0.3) is 0 Å². The van der Waals surface area contributed by atoms with Crippen molar-refractivity contribution in [1.29, 1.82) is 0 Å². The maximum atomic E-state index is 12.8. The fourth-order valence-electron chi connectivity index (χ4n) is 3.10. The van der Waals surface area contributed by atoms with Crippen molar-refractivity contribution in [2.45, 2.75) is 18.1 Å². The first-order valence-electron chi connectivity index (χ1n) is 9.18. The van der Waals surface area contributed by atoms with Gasteiger partial charge in [0, 0.05) is 32.5 Å². The quantitative estimate of drug-likeness (QED) is 0.681. The Balaban J connectivity index is 1.48. The fourth-order valence-corrected chi connectivity index (χ4v) is 4.49. The number of aryl methyl sites for hydroxylation is 2. The SMILES string of the molecule is Cc1cccnc1Nc1ccc([C@@H]2CN(S(=O)(=O)c3cn(C)cn3)CCO2)nc1. The van der Waals surface area contributed by atoms with Crippen LogP contribution in [-0.2, 0) is 21.8 Å². The zero-order valence-electron chi connectivity index (χ0n) is 16.2. The standard InChI is InChI=1S/C19H22N6O3S/c1-14-4-3-7-20-19(14)23-15-5-6-16(21-10-15)17-11-25(8-9-28-17)29(26,27)18-12-24(2)13-22-18/h3-7,10,12-13,17H,8-9,11H2,1-2H3,(H,20,23)/t17-/m0/s1. The van der Waals surface area contributed by atoms with E-state index in [0.717, 1.165) is 17.1 Å². The van der Waals surface area contributed by atoms with Crippen LogP contribution >= 0.6 is 0 Å². The Morgan fingerprint density at radius 3 is 2.76 bits per heavy atom. The van der Waals surface area contributed by atoms with Crippen LogP contribution in [-0.4, -0.2) is 51.9 Å². The topological polar surface area (TPSA) is 102 Å². The molecule has 10 heteroatoms. The van der Waals surface area contributed by atoms with Crippen LogP contribution in [0, 0.1) is 6.92 Å². The highest BCUT2D eigenvalue weighted by molar-refractivity contribution is 7.89. The van der Waals surface area contributed by atoms with Crippen molar-refractivity contribution < 1.29 is 13.2 Å². The summed E-state index contributed by atoms with van der Waals surface area (Å²) >= 11 is 0. The van der Waals surface area contributed by atoms with Crippen LogP contribution in [0.3, 0.4) is 0 Å². The van der Waals surface area contributed by atoms with Crippen LogP contribution in [0.4, 0.5) is 11.5 Å². The zero-order chi connectivity index (χ0) is 20.4. The molecule has 152 valence electrons. The van der Waals surface area contributed by atoms with Gasteiger partial charge in [-0.3, -0.25) is 4.98 Å². The van der Waals surface area contributed by atoms with Crippen molar-refractivity contribution in [1.82, 2.24) is 23.8 Å². The van der Waals surface area contributed by atoms with Gasteiger partial charge in [-0.15, -0.1) is 0 Å². The van der Waals surface area contributed by atoms with E-state index in [-0.39, 0.29) is 18.1 Å². The number of imidazole rings is 1. The van der Waals surface area contributed by atoms with Crippen LogP contribution in [0.2, 0.25) is 0 Å². The van der Waals surface area contributed by atoms with E-state index in [1.807, 2.05) is 31.2 Å². The van der Waals surface area contributed by atoms with Crippen molar-refractivity contribution in [2.75, 3.05) is 25.0 Å². The molecule has 9 nitrogen and oxygen atoms in total. The molecular formula is C19H22N6O3S. The van der Waals surface area contributed by atoms with Gasteiger partial charge in [-0.1, -0.05) is 6.07 Å². The third-order valence-corrected chi connectivity index (χ3v) is 6.45. The molecule has 0 bridgehead atoms. The number of ether oxygens (including phenoxy) is 1. The van der Waals surface area contributed by atoms with Crippen molar-refractivity contribution >= 4 is 21.5 Å². The minimum absolute atomic E-state index is 0.0406. The van der Waals surface area contributed by atoms with E-state index in [4.69, 9.17) is 4.74 Å². The Kier molecular flexibility index (Phi) is 5.31. The highest BCUT2D eigenvalue weighted by Gasteiger charge is 2.33. The van der Waals surface area contributed by atoms with Gasteiger partial charge in [-0.2, -0.15) is 4.31 Å². The molecule has 1 saturated heterocycles. The number of morpholine rings is 1. The number of sulfonamides is 1. The smallest absolute Gasteiger partial charge is 0.262 e. The molecule has 3 aromatic heterocycles. The van der Waals surface area contributed by atoms with Crippen LogP contribution in [0.5, 0.6) is 0 Å². The van der Waals surface area contributed by atoms with E-state index in [9.17, 15) is 8.42 Å². The van der Waals surface area contributed by atoms with E-state index in [1.54, 1.807) is 24.0 Å². The molecule has 0 amide bonds. The second-order valence-corrected chi connectivity index (χ2v) is 8.75. The predicted molar refractivity (Wildman–Crippen MR) is 107 cm³/mol. The van der Waals surface area contributed by atoms with E-state index in [0.29, 0.717) is 12.3 Å². The summed E-state index contributed by atoms with van der Waals surface area (Å²) in [4.78, 5) is 12.8. The Hall–Kier alpha value is -2.82. The summed E-state index contributed by atoms with van der Waals surface area (Å²) in [5.74, 6) is 0.767. The molecule has 4 rings (SSSR count). The minimum Gasteiger partial charge on any atom is -0.369 e. The largest absolute Gasteiger partial charge is 0.369 e. The van der Waals surface area contributed by atoms with E-state index in [1.165, 1.54) is 16.8 Å². The van der Waals surface area contributed by atoms with Crippen molar-refractivity contribution in [3.63, 3.8) is 0 Å². The van der Waals surface area contributed by atoms with E-state index in [2.05, 4.69) is 20.3 Å². The maximum Gasteiger partial charge on any atom is 0.262 e. The highest BCUT2D eigenvalue weighted by Crippen LogP contribution is 2.26. The number of anilines is 2. The number of pyridine rings is 2. The third-order valence-electron chi connectivity index (χ3n) is 4.70. The monoisotopic (exact) mass is 414 g/mol. The van der Waals surface area contributed by atoms with Gasteiger partial charge in [0.05, 0.1) is 30.5 Å². The van der Waals surface area contributed by atoms with Gasteiger partial charge in [0.2, 0.25) is 0 Å². The molecule has 1 fully saturated rings. The summed E-state index contributed by atoms with van der Waals surface area (Å²) in [7, 11) is -1.93. The molecule has 29 heavy (non-hydrogen) atoms. The number of nitrogens with zero attached hydrogens (tertiary/aromatic N) is 5. The molecule has 0 aliphatic carbocycles. The van der Waals surface area contributed by atoms with Crippen LogP contribution in [0.1, 0.15) is 17.4 Å². The third kappa shape index (κ3) is 4.14. The Bertz CT molecular complexity index is 1100. The summed E-state index contributed by atoms with van der Waals surface area (Å²) < 4.78 is 34.4. The number of rotatable bonds is 5. The molecular weight excluding hydrogens is 392 g/mol. The summed E-state index contributed by atoms with van der Waals surface area (Å²) in [5, 5.41) is 3.27. The first-order valence-corrected chi connectivity index (χ1v) is 10.6. The summed E-state index contributed by atoms with van der Waals surface area (Å²) in [6.45, 7) is 2.75. The molecule has 1 aliphatic rings. The van der Waals surface area contributed by atoms with Gasteiger partial charge in [0.1, 0.15) is 11.9 Å². The number of aromatic nitrogens is 4. The number of hydrogen-bond donors (Lipinski definition) is 1. The van der Waals surface area contributed by atoms with E-state index >= 15 is 0 Å². The summed E-state index contributed by atoms with van der Waals surface area (Å²) in [6, 6.07) is 7.57. The molecule has 4 heterocycles. The second kappa shape index (κ2) is 7.90. The van der Waals surface area contributed by atoms with Gasteiger partial charge in [-0.05, 0) is 30.7 Å². The predicted octanol–water partition coefficient (Wildman–Crippen LogP) is 2.02. The van der Waals surface area contributed by atoms with Crippen molar-refractivity contribution in [3.8, 4) is 0 Å². The van der Waals surface area contributed by atoms with Crippen molar-refractivity contribution in [2.24, 2.45) is 7.05 Å². The normalized spacial score (nSPS) is 17.9. The highest BCUT2D eigenvalue weighted by atomic mass is 32.2. The lowest BCUT2D eigenvalue weighted by Crippen LogP contribution is -2.42. The molecule has 0 unspecified atom stereocenters. The lowest BCUT2D eigenvalue weighted by Gasteiger charge is -2.31. The fraction of sp³-hybridized carbons (Fsp3) is 0.316. The maximum absolute atomic E-state index is 12.8. The molecule has 3 aromatic rings. The first kappa shape index (κ1) is 19.5. The van der Waals surface area contributed by atoms with Gasteiger partial charge in [0.15, 0.2) is 5.03 Å². The summed E-state index contributed by atoms with van der Waals surface area (Å²) in [5.41, 5.74) is 2.50. The minimum atomic E-state index is -3.66. The Labute approximate surface area is 169 Å². The lowest BCUT2D eigenvalue weighted by molar-refractivity contribution is -0.00498. The van der Waals surface area contributed by atoms with Gasteiger partial charge < -0.3 is 14.6 Å². The van der Waals surface area contributed by atoms with Crippen molar-refractivity contribution in [3.05, 3.63) is 60.4 Å². The van der Waals surface area contributed by atoms with Crippen LogP contribution < -0.4 is 5.32 Å². The van der Waals surface area contributed by atoms with Gasteiger partial charge in [-0.25, -0.2) is 18.4 Å². The molecule has 1 atom stereocenters. The zero-order valence-corrected chi connectivity index (χ0v) is 17.0. The van der Waals surface area contributed by atoms with Gasteiger partial charge >= 0.3 is 0 Å². The Morgan fingerprint density at radius 2 is 2.07 bits per heavy atom. The average molecular weight is 414 g/mol. The molecule has 1 N–H and O–H groups in total. The first-order chi connectivity index (χ1) is 13.9. The molecule has 0 radical (unpaired) electrons. The molecule has 0 saturated carbocycles. The summed E-state index contributed by atoms with van der Waals surface area (Å²) in [6.07, 6.45) is 5.95. The van der Waals surface area contributed by atoms with Gasteiger partial charge in [0.25, 0.3) is 10.0 Å². The Morgan fingerprint density at radius 1 is 1.21 bits per heavy atom. The van der Waals surface area contributed by atoms with E-state index < -0.39 is 16.1 Å². The number of hydrogen-bond acceptors (Lipinski definition) is 7. The lowest BCUT2D eigenvalue weighted by atomic mass is 10.2.